The van der Waals surface area contributed by atoms with E-state index < -0.39 is 14.0 Å². The van der Waals surface area contributed by atoms with E-state index in [1.54, 1.807) is 0 Å². The third kappa shape index (κ3) is 21.0. The van der Waals surface area contributed by atoms with Gasteiger partial charge < -0.3 is 16.2 Å². The predicted octanol–water partition coefficient (Wildman–Crippen LogP) is 4.80. The first-order valence-electron chi connectivity index (χ1n) is 10.6. The van der Waals surface area contributed by atoms with E-state index in [4.69, 9.17) is 10.8 Å². The summed E-state index contributed by atoms with van der Waals surface area (Å²) in [6.45, 7) is 2.53. The average molecular weight is 412 g/mol. The van der Waals surface area contributed by atoms with E-state index in [0.29, 0.717) is 19.1 Å². The molecule has 0 aromatic carbocycles. The van der Waals surface area contributed by atoms with Crippen molar-refractivity contribution in [3.63, 3.8) is 0 Å². The molecule has 6 heteroatoms. The van der Waals surface area contributed by atoms with E-state index in [1.165, 1.54) is 12.8 Å². The zero-order valence-electron chi connectivity index (χ0n) is 17.5. The molecule has 0 aliphatic carbocycles. The van der Waals surface area contributed by atoms with Crippen molar-refractivity contribution in [2.45, 2.75) is 77.4 Å². The molecule has 1 amide bonds. The Morgan fingerprint density at radius 2 is 1.61 bits per heavy atom. The summed E-state index contributed by atoms with van der Waals surface area (Å²) in [4.78, 5) is 11.7. The van der Waals surface area contributed by atoms with Crippen molar-refractivity contribution >= 4 is 13.7 Å². The maximum atomic E-state index is 11.7. The van der Waals surface area contributed by atoms with E-state index in [0.717, 1.165) is 44.9 Å². The average Bonchev–Trinajstić information content (AvgIpc) is 2.64. The van der Waals surface area contributed by atoms with Gasteiger partial charge >= 0.3 is 7.80 Å². The molecule has 160 valence electrons. The number of hydrogen-bond donors (Lipinski definition) is 3. The van der Waals surface area contributed by atoms with Gasteiger partial charge in [0.25, 0.3) is 0 Å². The summed E-state index contributed by atoms with van der Waals surface area (Å²) >= 11 is 0. The molecule has 0 spiro atoms. The Labute approximate surface area is 172 Å². The van der Waals surface area contributed by atoms with E-state index in [2.05, 4.69) is 48.7 Å². The summed E-state index contributed by atoms with van der Waals surface area (Å²) in [7, 11) is -1.54. The van der Waals surface area contributed by atoms with Crippen LogP contribution in [0.15, 0.2) is 36.5 Å². The van der Waals surface area contributed by atoms with E-state index in [-0.39, 0.29) is 12.1 Å². The van der Waals surface area contributed by atoms with Crippen LogP contribution in [-0.2, 0) is 9.36 Å². The second-order valence-corrected chi connectivity index (χ2v) is 8.68. The lowest BCUT2D eigenvalue weighted by atomic mass is 10.1. The van der Waals surface area contributed by atoms with Gasteiger partial charge in [-0.25, -0.2) is 0 Å². The monoisotopic (exact) mass is 411 g/mol. The predicted molar refractivity (Wildman–Crippen MR) is 120 cm³/mol. The lowest BCUT2D eigenvalue weighted by molar-refractivity contribution is -0.121. The smallest absolute Gasteiger partial charge is 0.344 e. The third-order valence-electron chi connectivity index (χ3n) is 4.13. The van der Waals surface area contributed by atoms with E-state index in [9.17, 15) is 9.36 Å². The highest BCUT2D eigenvalue weighted by atomic mass is 31.1. The van der Waals surface area contributed by atoms with Gasteiger partial charge in [0.2, 0.25) is 5.91 Å². The van der Waals surface area contributed by atoms with Gasteiger partial charge in [-0.05, 0) is 38.5 Å². The lowest BCUT2D eigenvalue weighted by Crippen LogP contribution is -2.27. The highest BCUT2D eigenvalue weighted by Gasteiger charge is 2.18. The molecular weight excluding hydrogens is 371 g/mol. The minimum atomic E-state index is -1.54. The molecule has 0 aliphatic rings. The van der Waals surface area contributed by atoms with Crippen LogP contribution < -0.4 is 11.1 Å². The van der Waals surface area contributed by atoms with Crippen LogP contribution in [-0.4, -0.2) is 36.1 Å². The number of aliphatic hydroxyl groups excluding tert-OH is 1. The zero-order valence-corrected chi connectivity index (χ0v) is 18.4. The second-order valence-electron chi connectivity index (χ2n) is 6.91. The molecule has 0 aromatic heterocycles. The Kier molecular flexibility index (Phi) is 19.5. The maximum absolute atomic E-state index is 11.7. The number of rotatable bonds is 18. The molecule has 0 saturated heterocycles. The zero-order chi connectivity index (χ0) is 20.9. The maximum Gasteiger partial charge on any atom is 0.344 e. The fraction of sp³-hybridized carbons (Fsp3) is 0.682. The van der Waals surface area contributed by atoms with Crippen LogP contribution >= 0.6 is 7.80 Å². The van der Waals surface area contributed by atoms with Gasteiger partial charge in [0.1, 0.15) is 6.23 Å². The highest BCUT2D eigenvalue weighted by molar-refractivity contribution is 7.44. The molecule has 28 heavy (non-hydrogen) atoms. The van der Waals surface area contributed by atoms with Gasteiger partial charge in [-0.1, -0.05) is 67.2 Å². The Bertz CT molecular complexity index is 488. The standard InChI is InChI=1S/C22H39N2O3P/c1-2-3-4-5-6-7-8-9-10-11-12-13-14-15-16-17-22(26)24-18-19-28(27)20-21(23)25/h3-4,6-7,9-10,21,25H,2,5,8,11-20,23H2,1H3/p+1. The summed E-state index contributed by atoms with van der Waals surface area (Å²) in [6, 6.07) is 0. The summed E-state index contributed by atoms with van der Waals surface area (Å²) in [6.07, 6.45) is 23.0. The molecule has 0 aromatic rings. The topological polar surface area (TPSA) is 92.4 Å². The van der Waals surface area contributed by atoms with Crippen LogP contribution in [0.25, 0.3) is 0 Å². The quantitative estimate of drug-likeness (QED) is 0.131. The van der Waals surface area contributed by atoms with Crippen molar-refractivity contribution in [2.24, 2.45) is 5.73 Å². The molecular formula is C22H40N2O3P+. The number of amides is 1. The lowest BCUT2D eigenvalue weighted by Gasteiger charge is -2.03. The SMILES string of the molecule is CCC=CCC=CCC=CCCCCCCCC(=O)NCC[P+](=O)CC(N)O. The van der Waals surface area contributed by atoms with E-state index in [1.807, 2.05) is 0 Å². The van der Waals surface area contributed by atoms with Crippen LogP contribution in [0.5, 0.6) is 0 Å². The van der Waals surface area contributed by atoms with Crippen LogP contribution in [0, 0.1) is 0 Å². The number of aliphatic hydroxyl groups is 1. The van der Waals surface area contributed by atoms with Crippen LogP contribution in [0.3, 0.4) is 0 Å². The highest BCUT2D eigenvalue weighted by Crippen LogP contribution is 2.18. The van der Waals surface area contributed by atoms with Gasteiger partial charge in [-0.3, -0.25) is 4.79 Å². The Morgan fingerprint density at radius 3 is 2.29 bits per heavy atom. The third-order valence-corrected chi connectivity index (χ3v) is 5.63. The van der Waals surface area contributed by atoms with Gasteiger partial charge in [-0.2, -0.15) is 0 Å². The first-order valence-corrected chi connectivity index (χ1v) is 12.3. The van der Waals surface area contributed by atoms with E-state index >= 15 is 0 Å². The molecule has 0 fully saturated rings. The van der Waals surface area contributed by atoms with Crippen molar-refractivity contribution in [1.29, 1.82) is 0 Å². The molecule has 0 heterocycles. The fourth-order valence-corrected chi connectivity index (χ4v) is 3.57. The molecule has 5 nitrogen and oxygen atoms in total. The number of nitrogens with two attached hydrogens (primary N) is 1. The Morgan fingerprint density at radius 1 is 1.00 bits per heavy atom. The Hall–Kier alpha value is -1.29. The first kappa shape index (κ1) is 26.7. The molecule has 4 N–H and O–H groups in total. The van der Waals surface area contributed by atoms with Gasteiger partial charge in [0.05, 0.1) is 6.54 Å². The summed E-state index contributed by atoms with van der Waals surface area (Å²) in [5.41, 5.74) is 5.17. The molecule has 0 saturated carbocycles. The summed E-state index contributed by atoms with van der Waals surface area (Å²) in [5, 5.41) is 11.7. The fourth-order valence-electron chi connectivity index (χ4n) is 2.61. The minimum Gasteiger partial charge on any atom is -0.374 e. The first-order chi connectivity index (χ1) is 13.6. The Balaban J connectivity index is 3.40. The number of allylic oxidation sites excluding steroid dienone is 6. The molecule has 0 radical (unpaired) electrons. The molecule has 0 aliphatic heterocycles. The van der Waals surface area contributed by atoms with Crippen molar-refractivity contribution in [1.82, 2.24) is 5.32 Å². The molecule has 2 unspecified atom stereocenters. The van der Waals surface area contributed by atoms with Crippen molar-refractivity contribution in [3.05, 3.63) is 36.5 Å². The summed E-state index contributed by atoms with van der Waals surface area (Å²) in [5.74, 6) is 0.0119. The minimum absolute atomic E-state index is 0.0119. The van der Waals surface area contributed by atoms with Crippen molar-refractivity contribution < 1.29 is 14.5 Å². The van der Waals surface area contributed by atoms with Crippen molar-refractivity contribution in [2.75, 3.05) is 18.9 Å². The number of carbonyl (C=O) groups excluding carboxylic acids is 1. The van der Waals surface area contributed by atoms with Crippen LogP contribution in [0.1, 0.15) is 71.1 Å². The van der Waals surface area contributed by atoms with Gasteiger partial charge in [0, 0.05) is 6.42 Å². The number of unbranched alkanes of at least 4 members (excludes halogenated alkanes) is 5. The number of nitrogens with one attached hydrogen (secondary N) is 1. The van der Waals surface area contributed by atoms with Crippen LogP contribution in [0.4, 0.5) is 0 Å². The number of carbonyl (C=O) groups is 1. The van der Waals surface area contributed by atoms with Crippen molar-refractivity contribution in [3.8, 4) is 0 Å². The summed E-state index contributed by atoms with van der Waals surface area (Å²) < 4.78 is 11.5. The normalized spacial score (nSPS) is 13.6. The molecule has 2 atom stereocenters. The van der Waals surface area contributed by atoms with Gasteiger partial charge in [-0.15, -0.1) is 0 Å². The molecule has 0 bridgehead atoms. The largest absolute Gasteiger partial charge is 0.374 e. The molecule has 0 rings (SSSR count). The number of hydrogen-bond acceptors (Lipinski definition) is 4. The van der Waals surface area contributed by atoms with Crippen LogP contribution in [0.2, 0.25) is 0 Å². The second kappa shape index (κ2) is 20.4. The van der Waals surface area contributed by atoms with Gasteiger partial charge in [0.15, 0.2) is 12.3 Å².